The van der Waals surface area contributed by atoms with Crippen LogP contribution in [-0.2, 0) is 6.54 Å². The average Bonchev–Trinajstić information content (AvgIpc) is 2.53. The van der Waals surface area contributed by atoms with Crippen molar-refractivity contribution in [1.82, 2.24) is 9.97 Å². The molecule has 2 aromatic rings. The van der Waals surface area contributed by atoms with Gasteiger partial charge in [-0.1, -0.05) is 29.8 Å². The van der Waals surface area contributed by atoms with Gasteiger partial charge in [0.25, 0.3) is 0 Å². The van der Waals surface area contributed by atoms with Gasteiger partial charge in [-0.3, -0.25) is 0 Å². The average molecular weight is 296 g/mol. The predicted octanol–water partition coefficient (Wildman–Crippen LogP) is 3.70. The number of nitrogens with zero attached hydrogens (tertiary/aromatic N) is 3. The van der Waals surface area contributed by atoms with Crippen LogP contribution < -0.4 is 10.2 Å². The van der Waals surface area contributed by atoms with E-state index in [1.54, 1.807) is 0 Å². The Balaban J connectivity index is 1.71. The molecular formula is C18H24N4. The van der Waals surface area contributed by atoms with Gasteiger partial charge < -0.3 is 10.2 Å². The minimum Gasteiger partial charge on any atom is -0.356 e. The monoisotopic (exact) mass is 296 g/mol. The van der Waals surface area contributed by atoms with Crippen LogP contribution in [0.5, 0.6) is 0 Å². The van der Waals surface area contributed by atoms with Crippen LogP contribution in [-0.4, -0.2) is 23.1 Å². The molecule has 1 aliphatic heterocycles. The van der Waals surface area contributed by atoms with Gasteiger partial charge >= 0.3 is 0 Å². The highest BCUT2D eigenvalue weighted by molar-refractivity contribution is 5.45. The molecule has 0 aliphatic carbocycles. The Morgan fingerprint density at radius 2 is 1.86 bits per heavy atom. The Bertz CT molecular complexity index is 633. The molecule has 0 bridgehead atoms. The summed E-state index contributed by atoms with van der Waals surface area (Å²) in [6.45, 7) is 7.11. The Hall–Kier alpha value is -2.10. The summed E-state index contributed by atoms with van der Waals surface area (Å²) >= 11 is 0. The van der Waals surface area contributed by atoms with Gasteiger partial charge in [0.05, 0.1) is 0 Å². The van der Waals surface area contributed by atoms with Gasteiger partial charge in [0.15, 0.2) is 0 Å². The van der Waals surface area contributed by atoms with Gasteiger partial charge in [0, 0.05) is 31.4 Å². The highest BCUT2D eigenvalue weighted by Gasteiger charge is 2.13. The summed E-state index contributed by atoms with van der Waals surface area (Å²) in [5.74, 6) is 1.78. The summed E-state index contributed by atoms with van der Waals surface area (Å²) in [5.41, 5.74) is 3.55. The molecule has 0 saturated carbocycles. The van der Waals surface area contributed by atoms with Crippen LogP contribution in [0.1, 0.15) is 36.1 Å². The number of hydrogen-bond donors (Lipinski definition) is 1. The van der Waals surface area contributed by atoms with E-state index >= 15 is 0 Å². The molecule has 0 spiro atoms. The molecule has 1 N–H and O–H groups in total. The normalized spacial score (nSPS) is 14.9. The zero-order valence-corrected chi connectivity index (χ0v) is 13.5. The van der Waals surface area contributed by atoms with E-state index in [1.165, 1.54) is 30.4 Å². The maximum Gasteiger partial charge on any atom is 0.225 e. The fourth-order valence-corrected chi connectivity index (χ4v) is 2.92. The molecule has 0 atom stereocenters. The van der Waals surface area contributed by atoms with Crippen molar-refractivity contribution in [1.29, 1.82) is 0 Å². The zero-order chi connectivity index (χ0) is 15.4. The second-order valence-electron chi connectivity index (χ2n) is 6.08. The molecule has 1 aromatic carbocycles. The molecule has 4 nitrogen and oxygen atoms in total. The van der Waals surface area contributed by atoms with E-state index in [0.29, 0.717) is 0 Å². The van der Waals surface area contributed by atoms with E-state index in [2.05, 4.69) is 52.5 Å². The molecule has 1 fully saturated rings. The second kappa shape index (κ2) is 6.77. The van der Waals surface area contributed by atoms with Crippen LogP contribution in [0, 0.1) is 13.8 Å². The lowest BCUT2D eigenvalue weighted by molar-refractivity contribution is 0.573. The molecule has 1 saturated heterocycles. The first-order chi connectivity index (χ1) is 10.7. The Labute approximate surface area is 132 Å². The molecule has 1 aromatic heterocycles. The van der Waals surface area contributed by atoms with Crippen LogP contribution >= 0.6 is 0 Å². The summed E-state index contributed by atoms with van der Waals surface area (Å²) in [6, 6.07) is 10.6. The maximum atomic E-state index is 4.70. The molecule has 2 heterocycles. The fraction of sp³-hybridized carbons (Fsp3) is 0.444. The SMILES string of the molecule is Cc1cccc(CNc2nc(C)cc(N3CCCCC3)n2)c1. The lowest BCUT2D eigenvalue weighted by atomic mass is 10.1. The van der Waals surface area contributed by atoms with Gasteiger partial charge in [0.1, 0.15) is 5.82 Å². The van der Waals surface area contributed by atoms with Gasteiger partial charge in [0.2, 0.25) is 5.95 Å². The lowest BCUT2D eigenvalue weighted by Crippen LogP contribution is -2.30. The lowest BCUT2D eigenvalue weighted by Gasteiger charge is -2.28. The van der Waals surface area contributed by atoms with Crippen LogP contribution in [0.4, 0.5) is 11.8 Å². The van der Waals surface area contributed by atoms with Crippen molar-refractivity contribution in [2.45, 2.75) is 39.7 Å². The van der Waals surface area contributed by atoms with Gasteiger partial charge in [-0.15, -0.1) is 0 Å². The summed E-state index contributed by atoms with van der Waals surface area (Å²) < 4.78 is 0. The topological polar surface area (TPSA) is 41.1 Å². The minimum absolute atomic E-state index is 0.724. The highest BCUT2D eigenvalue weighted by atomic mass is 15.2. The van der Waals surface area contributed by atoms with Crippen molar-refractivity contribution in [3.05, 3.63) is 47.2 Å². The van der Waals surface area contributed by atoms with Gasteiger partial charge in [-0.2, -0.15) is 4.98 Å². The molecule has 22 heavy (non-hydrogen) atoms. The van der Waals surface area contributed by atoms with Crippen molar-refractivity contribution >= 4 is 11.8 Å². The number of rotatable bonds is 4. The summed E-state index contributed by atoms with van der Waals surface area (Å²) in [4.78, 5) is 11.6. The molecule has 3 rings (SSSR count). The number of nitrogens with one attached hydrogen (secondary N) is 1. The summed E-state index contributed by atoms with van der Waals surface area (Å²) in [6.07, 6.45) is 3.85. The first-order valence-corrected chi connectivity index (χ1v) is 8.11. The van der Waals surface area contributed by atoms with Crippen molar-refractivity contribution in [2.75, 3.05) is 23.3 Å². The van der Waals surface area contributed by atoms with E-state index < -0.39 is 0 Å². The summed E-state index contributed by atoms with van der Waals surface area (Å²) in [7, 11) is 0. The zero-order valence-electron chi connectivity index (χ0n) is 13.5. The predicted molar refractivity (Wildman–Crippen MR) is 91.3 cm³/mol. The molecule has 0 unspecified atom stereocenters. The van der Waals surface area contributed by atoms with E-state index in [4.69, 9.17) is 4.98 Å². The number of aryl methyl sites for hydroxylation is 2. The van der Waals surface area contributed by atoms with Crippen molar-refractivity contribution < 1.29 is 0 Å². The highest BCUT2D eigenvalue weighted by Crippen LogP contribution is 2.20. The first-order valence-electron chi connectivity index (χ1n) is 8.11. The maximum absolute atomic E-state index is 4.70. The quantitative estimate of drug-likeness (QED) is 0.934. The van der Waals surface area contributed by atoms with Crippen molar-refractivity contribution in [3.63, 3.8) is 0 Å². The number of aromatic nitrogens is 2. The Kier molecular flexibility index (Phi) is 4.56. The summed E-state index contributed by atoms with van der Waals surface area (Å²) in [5, 5.41) is 3.36. The van der Waals surface area contributed by atoms with Gasteiger partial charge in [-0.25, -0.2) is 4.98 Å². The van der Waals surface area contributed by atoms with Gasteiger partial charge in [-0.05, 0) is 38.7 Å². The molecule has 1 aliphatic rings. The third kappa shape index (κ3) is 3.75. The molecule has 4 heteroatoms. The molecule has 116 valence electrons. The molecule has 0 radical (unpaired) electrons. The number of hydrogen-bond acceptors (Lipinski definition) is 4. The van der Waals surface area contributed by atoms with Crippen molar-refractivity contribution in [2.24, 2.45) is 0 Å². The molecular weight excluding hydrogens is 272 g/mol. The Morgan fingerprint density at radius 1 is 1.05 bits per heavy atom. The van der Waals surface area contributed by atoms with Crippen LogP contribution in [0.2, 0.25) is 0 Å². The fourth-order valence-electron chi connectivity index (χ4n) is 2.92. The van der Waals surface area contributed by atoms with E-state index in [1.807, 2.05) is 6.92 Å². The van der Waals surface area contributed by atoms with E-state index in [-0.39, 0.29) is 0 Å². The minimum atomic E-state index is 0.724. The largest absolute Gasteiger partial charge is 0.356 e. The van der Waals surface area contributed by atoms with E-state index in [9.17, 15) is 0 Å². The smallest absolute Gasteiger partial charge is 0.225 e. The van der Waals surface area contributed by atoms with Crippen LogP contribution in [0.25, 0.3) is 0 Å². The standard InChI is InChI=1S/C18H24N4/c1-14-7-6-8-16(11-14)13-19-18-20-15(2)12-17(21-18)22-9-4-3-5-10-22/h6-8,11-12H,3-5,9-10,13H2,1-2H3,(H,19,20,21). The number of piperidine rings is 1. The molecule has 0 amide bonds. The number of benzene rings is 1. The first kappa shape index (κ1) is 14.8. The van der Waals surface area contributed by atoms with Crippen LogP contribution in [0.15, 0.2) is 30.3 Å². The second-order valence-corrected chi connectivity index (χ2v) is 6.08. The van der Waals surface area contributed by atoms with Crippen LogP contribution in [0.3, 0.4) is 0 Å². The third-order valence-electron chi connectivity index (χ3n) is 4.05. The number of anilines is 2. The Morgan fingerprint density at radius 3 is 2.64 bits per heavy atom. The van der Waals surface area contributed by atoms with E-state index in [0.717, 1.165) is 37.1 Å². The third-order valence-corrected chi connectivity index (χ3v) is 4.05. The van der Waals surface area contributed by atoms with Crippen molar-refractivity contribution in [3.8, 4) is 0 Å².